The number of fused-ring (bicyclic) bond motifs is 1. The van der Waals surface area contributed by atoms with Gasteiger partial charge in [-0.1, -0.05) is 12.1 Å². The molecule has 0 N–H and O–H groups in total. The highest BCUT2D eigenvalue weighted by atomic mass is 16.6. The highest BCUT2D eigenvalue weighted by Gasteiger charge is 2.33. The van der Waals surface area contributed by atoms with Crippen LogP contribution in [-0.2, 0) is 0 Å². The predicted molar refractivity (Wildman–Crippen MR) is 100 cm³/mol. The second kappa shape index (κ2) is 7.03. The van der Waals surface area contributed by atoms with Crippen LogP contribution in [0, 0.1) is 10.1 Å². The summed E-state index contributed by atoms with van der Waals surface area (Å²) in [5.41, 5.74) is 1.52. The van der Waals surface area contributed by atoms with E-state index in [4.69, 9.17) is 4.74 Å². The average molecular weight is 355 g/mol. The van der Waals surface area contributed by atoms with Crippen LogP contribution in [0.4, 0.5) is 17.1 Å². The van der Waals surface area contributed by atoms with Crippen LogP contribution >= 0.6 is 0 Å². The summed E-state index contributed by atoms with van der Waals surface area (Å²) in [5, 5.41) is 11.4. The molecule has 2 aromatic rings. The molecule has 0 fully saturated rings. The fourth-order valence-electron chi connectivity index (χ4n) is 3.43. The Morgan fingerprint density at radius 2 is 1.96 bits per heavy atom. The zero-order valence-corrected chi connectivity index (χ0v) is 15.0. The molecule has 1 heterocycles. The van der Waals surface area contributed by atoms with Crippen LogP contribution < -0.4 is 14.5 Å². The number of nitrogens with zero attached hydrogens (tertiary/aromatic N) is 3. The Kier molecular flexibility index (Phi) is 4.79. The minimum Gasteiger partial charge on any atom is -0.497 e. The monoisotopic (exact) mass is 355 g/mol. The first-order valence-corrected chi connectivity index (χ1v) is 8.47. The van der Waals surface area contributed by atoms with Gasteiger partial charge in [-0.25, -0.2) is 0 Å². The number of benzene rings is 2. The highest BCUT2D eigenvalue weighted by Crippen LogP contribution is 2.37. The molecule has 0 saturated heterocycles. The van der Waals surface area contributed by atoms with Crippen molar-refractivity contribution in [3.8, 4) is 5.75 Å². The van der Waals surface area contributed by atoms with E-state index >= 15 is 0 Å². The highest BCUT2D eigenvalue weighted by molar-refractivity contribution is 6.11. The maximum absolute atomic E-state index is 13.2. The van der Waals surface area contributed by atoms with Crippen molar-refractivity contribution in [3.05, 3.63) is 58.1 Å². The lowest BCUT2D eigenvalue weighted by molar-refractivity contribution is -0.385. The van der Waals surface area contributed by atoms with Crippen molar-refractivity contribution in [3.63, 3.8) is 0 Å². The molecule has 2 aromatic carbocycles. The van der Waals surface area contributed by atoms with Crippen molar-refractivity contribution in [2.45, 2.75) is 19.9 Å². The summed E-state index contributed by atoms with van der Waals surface area (Å²) >= 11 is 0. The van der Waals surface area contributed by atoms with E-state index in [9.17, 15) is 14.9 Å². The van der Waals surface area contributed by atoms with Crippen LogP contribution in [0.15, 0.2) is 42.5 Å². The average Bonchev–Trinajstić information content (AvgIpc) is 2.66. The molecule has 1 aliphatic rings. The number of anilines is 2. The molecular weight excluding hydrogens is 334 g/mol. The van der Waals surface area contributed by atoms with Gasteiger partial charge in [-0.05, 0) is 38.1 Å². The molecule has 3 rings (SSSR count). The second-order valence-electron chi connectivity index (χ2n) is 6.18. The number of ether oxygens (including phenoxy) is 1. The Morgan fingerprint density at radius 3 is 2.58 bits per heavy atom. The van der Waals surface area contributed by atoms with Crippen molar-refractivity contribution in [2.75, 3.05) is 30.0 Å². The van der Waals surface area contributed by atoms with Gasteiger partial charge in [0.25, 0.3) is 11.6 Å². The maximum atomic E-state index is 13.2. The number of methoxy groups -OCH3 is 1. The SMILES string of the molecule is CCN1c2ccccc2N(C(=O)c2cc(OC)ccc2[N+](=O)[O-])CC1C. The number of carbonyl (C=O) groups is 1. The molecule has 1 amide bonds. The van der Waals surface area contributed by atoms with Gasteiger partial charge in [0, 0.05) is 25.2 Å². The van der Waals surface area contributed by atoms with E-state index in [0.717, 1.165) is 17.9 Å². The van der Waals surface area contributed by atoms with E-state index in [0.29, 0.717) is 12.3 Å². The molecule has 7 heteroatoms. The van der Waals surface area contributed by atoms with E-state index in [-0.39, 0.29) is 17.3 Å². The first-order valence-electron chi connectivity index (χ1n) is 8.47. The Bertz CT molecular complexity index is 852. The van der Waals surface area contributed by atoms with Crippen molar-refractivity contribution in [1.29, 1.82) is 0 Å². The zero-order chi connectivity index (χ0) is 18.8. The quantitative estimate of drug-likeness (QED) is 0.620. The third-order valence-corrected chi connectivity index (χ3v) is 4.68. The van der Waals surface area contributed by atoms with E-state index in [1.165, 1.54) is 25.3 Å². The van der Waals surface area contributed by atoms with Gasteiger partial charge in [0.1, 0.15) is 11.3 Å². The van der Waals surface area contributed by atoms with Gasteiger partial charge in [0.15, 0.2) is 0 Å². The summed E-state index contributed by atoms with van der Waals surface area (Å²) in [6.07, 6.45) is 0. The minimum absolute atomic E-state index is 0.0290. The van der Waals surface area contributed by atoms with Crippen LogP contribution in [-0.4, -0.2) is 37.1 Å². The third-order valence-electron chi connectivity index (χ3n) is 4.68. The molecule has 0 saturated carbocycles. The number of amides is 1. The molecule has 136 valence electrons. The molecule has 0 aromatic heterocycles. The van der Waals surface area contributed by atoms with Crippen molar-refractivity contribution < 1.29 is 14.5 Å². The summed E-state index contributed by atoms with van der Waals surface area (Å²) in [4.78, 5) is 27.9. The molecule has 0 spiro atoms. The fraction of sp³-hybridized carbons (Fsp3) is 0.316. The summed E-state index contributed by atoms with van der Waals surface area (Å²) in [5.74, 6) is 0.0122. The first-order chi connectivity index (χ1) is 12.5. The maximum Gasteiger partial charge on any atom is 0.282 e. The van der Waals surface area contributed by atoms with E-state index in [1.54, 1.807) is 4.90 Å². The lowest BCUT2D eigenvalue weighted by Gasteiger charge is -2.42. The molecule has 7 nitrogen and oxygen atoms in total. The minimum atomic E-state index is -0.537. The molecular formula is C19H21N3O4. The summed E-state index contributed by atoms with van der Waals surface area (Å²) in [6, 6.07) is 12.0. The van der Waals surface area contributed by atoms with Gasteiger partial charge < -0.3 is 14.5 Å². The molecule has 0 bridgehead atoms. The Balaban J connectivity index is 2.10. The lowest BCUT2D eigenvalue weighted by atomic mass is 10.0. The van der Waals surface area contributed by atoms with Gasteiger partial charge in [0.2, 0.25) is 0 Å². The Labute approximate surface area is 151 Å². The number of hydrogen-bond donors (Lipinski definition) is 0. The van der Waals surface area contributed by atoms with Crippen molar-refractivity contribution in [2.24, 2.45) is 0 Å². The molecule has 1 atom stereocenters. The molecule has 0 radical (unpaired) electrons. The number of para-hydroxylation sites is 2. The topological polar surface area (TPSA) is 75.9 Å². The molecule has 1 aliphatic heterocycles. The van der Waals surface area contributed by atoms with Gasteiger partial charge >= 0.3 is 0 Å². The van der Waals surface area contributed by atoms with Crippen LogP contribution in [0.3, 0.4) is 0 Å². The van der Waals surface area contributed by atoms with Crippen LogP contribution in [0.1, 0.15) is 24.2 Å². The molecule has 1 unspecified atom stereocenters. The summed E-state index contributed by atoms with van der Waals surface area (Å²) < 4.78 is 5.15. The zero-order valence-electron chi connectivity index (χ0n) is 15.0. The normalized spacial score (nSPS) is 16.2. The van der Waals surface area contributed by atoms with Crippen LogP contribution in [0.25, 0.3) is 0 Å². The van der Waals surface area contributed by atoms with Gasteiger partial charge in [-0.15, -0.1) is 0 Å². The number of nitro groups is 1. The Hall–Kier alpha value is -3.09. The number of rotatable bonds is 4. The van der Waals surface area contributed by atoms with E-state index in [2.05, 4.69) is 11.8 Å². The van der Waals surface area contributed by atoms with Crippen molar-refractivity contribution >= 4 is 23.0 Å². The third kappa shape index (κ3) is 2.96. The Morgan fingerprint density at radius 1 is 1.27 bits per heavy atom. The first kappa shape index (κ1) is 17.7. The van der Waals surface area contributed by atoms with E-state index < -0.39 is 10.8 Å². The summed E-state index contributed by atoms with van der Waals surface area (Å²) in [6.45, 7) is 5.38. The predicted octanol–water partition coefficient (Wildman–Crippen LogP) is 3.48. The number of hydrogen-bond acceptors (Lipinski definition) is 5. The standard InChI is InChI=1S/C19H21N3O4/c1-4-20-13(2)12-21(18-8-6-5-7-17(18)20)19(23)15-11-14(26-3)9-10-16(15)22(24)25/h5-11,13H,4,12H2,1-3H3. The number of likely N-dealkylation sites (N-methyl/N-ethyl adjacent to an activating group) is 1. The number of carbonyl (C=O) groups excluding carboxylic acids is 1. The molecule has 0 aliphatic carbocycles. The van der Waals surface area contributed by atoms with E-state index in [1.807, 2.05) is 31.2 Å². The van der Waals surface area contributed by atoms with Gasteiger partial charge in [-0.2, -0.15) is 0 Å². The second-order valence-corrected chi connectivity index (χ2v) is 6.18. The van der Waals surface area contributed by atoms with Crippen LogP contribution in [0.2, 0.25) is 0 Å². The lowest BCUT2D eigenvalue weighted by Crippen LogP contribution is -2.49. The number of nitro benzene ring substituents is 1. The smallest absolute Gasteiger partial charge is 0.282 e. The van der Waals surface area contributed by atoms with Gasteiger partial charge in [-0.3, -0.25) is 14.9 Å². The van der Waals surface area contributed by atoms with Gasteiger partial charge in [0.05, 0.1) is 23.4 Å². The fourth-order valence-corrected chi connectivity index (χ4v) is 3.43. The van der Waals surface area contributed by atoms with Crippen LogP contribution in [0.5, 0.6) is 5.75 Å². The largest absolute Gasteiger partial charge is 0.497 e. The van der Waals surface area contributed by atoms with Crippen molar-refractivity contribution in [1.82, 2.24) is 0 Å². The molecule has 26 heavy (non-hydrogen) atoms. The summed E-state index contributed by atoms with van der Waals surface area (Å²) in [7, 11) is 1.47.